The Balaban J connectivity index is 1.31. The predicted molar refractivity (Wildman–Crippen MR) is 217 cm³/mol. The first-order valence-corrected chi connectivity index (χ1v) is 21.8. The molecule has 0 N–H and O–H groups in total. The molecule has 7 nitrogen and oxygen atoms in total. The Bertz CT molecular complexity index is 1170. The molecular formula is C45H72O7S. The highest BCUT2D eigenvalue weighted by Crippen LogP contribution is 2.46. The Hall–Kier alpha value is -1.86. The fourth-order valence-corrected chi connectivity index (χ4v) is 9.02. The molecule has 0 saturated carbocycles. The molecule has 6 atom stereocenters. The summed E-state index contributed by atoms with van der Waals surface area (Å²) < 4.78 is 34.5. The highest BCUT2D eigenvalue weighted by molar-refractivity contribution is 8.01. The van der Waals surface area contributed by atoms with E-state index in [9.17, 15) is 4.79 Å². The number of carbonyl (C=O) groups excluding carboxylic acids is 1. The Morgan fingerprint density at radius 1 is 0.830 bits per heavy atom. The summed E-state index contributed by atoms with van der Waals surface area (Å²) in [5.74, 6) is 6.48. The molecule has 2 heterocycles. The first-order chi connectivity index (χ1) is 26.0. The second-order valence-corrected chi connectivity index (χ2v) is 16.5. The largest absolute Gasteiger partial charge is 0.462 e. The SMILES string of the molecule is CCCCCCCCCCCC[C@H](OCOC)[C@@H]1CC[C@H]([C@@H](CCC#C/C=C/CCCCCCC2(Sc3ccccc3)C[C@H](C)OC2=O)OCOC)O1. The minimum atomic E-state index is -0.456. The fraction of sp³-hybridized carbons (Fsp3) is 0.756. The van der Waals surface area contributed by atoms with Crippen molar-refractivity contribution in [3.05, 3.63) is 42.5 Å². The van der Waals surface area contributed by atoms with E-state index >= 15 is 0 Å². The number of cyclic esters (lactones) is 1. The zero-order valence-electron chi connectivity index (χ0n) is 33.7. The number of benzene rings is 1. The molecule has 2 aliphatic heterocycles. The lowest BCUT2D eigenvalue weighted by Gasteiger charge is -2.27. The smallest absolute Gasteiger partial charge is 0.322 e. The summed E-state index contributed by atoms with van der Waals surface area (Å²) in [6, 6.07) is 10.2. The monoisotopic (exact) mass is 756 g/mol. The normalized spacial score (nSPS) is 22.6. The number of methoxy groups -OCH3 is 2. The third-order valence-electron chi connectivity index (χ3n) is 10.5. The molecule has 0 spiro atoms. The number of esters is 1. The third-order valence-corrected chi connectivity index (χ3v) is 11.9. The number of thioether (sulfide) groups is 1. The lowest BCUT2D eigenvalue weighted by molar-refractivity contribution is -0.158. The van der Waals surface area contributed by atoms with E-state index in [0.29, 0.717) is 6.79 Å². The summed E-state index contributed by atoms with van der Waals surface area (Å²) in [7, 11) is 3.34. The van der Waals surface area contributed by atoms with Crippen molar-refractivity contribution in [2.45, 2.75) is 195 Å². The van der Waals surface area contributed by atoms with Crippen LogP contribution in [0.1, 0.15) is 155 Å². The predicted octanol–water partition coefficient (Wildman–Crippen LogP) is 11.4. The topological polar surface area (TPSA) is 72.5 Å². The van der Waals surface area contributed by atoms with E-state index in [1.54, 1.807) is 26.0 Å². The summed E-state index contributed by atoms with van der Waals surface area (Å²) in [5, 5.41) is 0. The molecule has 2 fully saturated rings. The minimum Gasteiger partial charge on any atom is -0.462 e. The molecule has 1 aromatic rings. The maximum atomic E-state index is 12.8. The first kappa shape index (κ1) is 45.5. The molecule has 0 aromatic heterocycles. The maximum absolute atomic E-state index is 12.8. The Labute approximate surface area is 327 Å². The van der Waals surface area contributed by atoms with Crippen molar-refractivity contribution >= 4 is 17.7 Å². The molecule has 0 amide bonds. The van der Waals surface area contributed by atoms with E-state index in [2.05, 4.69) is 37.0 Å². The number of rotatable bonds is 30. The van der Waals surface area contributed by atoms with Crippen molar-refractivity contribution < 1.29 is 33.2 Å². The van der Waals surface area contributed by atoms with Crippen molar-refractivity contribution in [2.24, 2.45) is 0 Å². The molecule has 2 aliphatic rings. The quantitative estimate of drug-likeness (QED) is 0.0332. The van der Waals surface area contributed by atoms with E-state index in [0.717, 1.165) is 88.4 Å². The van der Waals surface area contributed by atoms with Crippen molar-refractivity contribution in [2.75, 3.05) is 27.8 Å². The van der Waals surface area contributed by atoms with Crippen molar-refractivity contribution in [3.8, 4) is 11.8 Å². The van der Waals surface area contributed by atoms with Gasteiger partial charge < -0.3 is 28.4 Å². The average molecular weight is 757 g/mol. The van der Waals surface area contributed by atoms with Gasteiger partial charge in [0.1, 0.15) is 24.4 Å². The van der Waals surface area contributed by atoms with Crippen LogP contribution in [-0.4, -0.2) is 69.0 Å². The van der Waals surface area contributed by atoms with Gasteiger partial charge in [0, 0.05) is 32.0 Å². The van der Waals surface area contributed by atoms with E-state index in [4.69, 9.17) is 28.4 Å². The molecule has 53 heavy (non-hydrogen) atoms. The summed E-state index contributed by atoms with van der Waals surface area (Å²) in [6.07, 6.45) is 29.0. The Morgan fingerprint density at radius 3 is 2.06 bits per heavy atom. The van der Waals surface area contributed by atoms with E-state index in [-0.39, 0.29) is 43.3 Å². The standard InChI is InChI=1S/C45H72O7S/c1-5-6-7-8-9-10-13-16-19-25-30-40(49-36-47-3)42-32-33-43(52-42)41(50-37-48-4)31-26-20-17-14-11-12-15-18-21-27-34-45(35-38(2)51-44(45)46)53-39-28-23-22-24-29-39/h11,14,22-24,28-29,38,40-43H,5-10,12-13,15-16,18-19,21,25-27,30-37H2,1-4H3/b14-11+/t38-,40-,41+,42-,43+,45?/m0/s1. The van der Waals surface area contributed by atoms with Crippen LogP contribution in [0.4, 0.5) is 0 Å². The zero-order valence-corrected chi connectivity index (χ0v) is 34.5. The van der Waals surface area contributed by atoms with Crippen molar-refractivity contribution in [1.29, 1.82) is 0 Å². The van der Waals surface area contributed by atoms with Crippen LogP contribution in [0.3, 0.4) is 0 Å². The third kappa shape index (κ3) is 18.6. The van der Waals surface area contributed by atoms with Gasteiger partial charge in [-0.15, -0.1) is 11.8 Å². The first-order valence-electron chi connectivity index (χ1n) is 21.0. The highest BCUT2D eigenvalue weighted by Gasteiger charge is 2.48. The Morgan fingerprint density at radius 2 is 1.43 bits per heavy atom. The van der Waals surface area contributed by atoms with Gasteiger partial charge in [-0.2, -0.15) is 0 Å². The van der Waals surface area contributed by atoms with Gasteiger partial charge in [-0.05, 0) is 70.1 Å². The molecule has 0 bridgehead atoms. The lowest BCUT2D eigenvalue weighted by Crippen LogP contribution is -2.34. The van der Waals surface area contributed by atoms with Crippen LogP contribution < -0.4 is 0 Å². The molecule has 1 aromatic carbocycles. The molecule has 2 saturated heterocycles. The minimum absolute atomic E-state index is 0.0138. The second-order valence-electron chi connectivity index (χ2n) is 15.0. The number of hydrogen-bond acceptors (Lipinski definition) is 8. The van der Waals surface area contributed by atoms with Crippen LogP contribution in [0.2, 0.25) is 0 Å². The molecule has 1 unspecified atom stereocenters. The lowest BCUT2D eigenvalue weighted by atomic mass is 9.96. The van der Waals surface area contributed by atoms with Gasteiger partial charge in [0.2, 0.25) is 0 Å². The van der Waals surface area contributed by atoms with Crippen LogP contribution >= 0.6 is 11.8 Å². The molecule has 0 aliphatic carbocycles. The zero-order chi connectivity index (χ0) is 37.8. The van der Waals surface area contributed by atoms with Crippen LogP contribution in [0.25, 0.3) is 0 Å². The average Bonchev–Trinajstić information content (AvgIpc) is 3.76. The highest BCUT2D eigenvalue weighted by atomic mass is 32.2. The van der Waals surface area contributed by atoms with E-state index in [1.165, 1.54) is 57.8 Å². The number of allylic oxidation sites excluding steroid dienone is 2. The van der Waals surface area contributed by atoms with Crippen molar-refractivity contribution in [3.63, 3.8) is 0 Å². The molecule has 0 radical (unpaired) electrons. The number of unbranched alkanes of at least 4 members (excludes halogenated alkanes) is 13. The van der Waals surface area contributed by atoms with Gasteiger partial charge >= 0.3 is 5.97 Å². The van der Waals surface area contributed by atoms with Gasteiger partial charge in [-0.25, -0.2) is 0 Å². The van der Waals surface area contributed by atoms with Gasteiger partial charge in [-0.3, -0.25) is 4.79 Å². The van der Waals surface area contributed by atoms with Gasteiger partial charge in [0.05, 0.1) is 24.4 Å². The summed E-state index contributed by atoms with van der Waals surface area (Å²) in [6.45, 7) is 4.83. The summed E-state index contributed by atoms with van der Waals surface area (Å²) in [4.78, 5) is 14.0. The fourth-order valence-electron chi connectivity index (χ4n) is 7.58. The van der Waals surface area contributed by atoms with Crippen LogP contribution in [-0.2, 0) is 33.2 Å². The van der Waals surface area contributed by atoms with Crippen molar-refractivity contribution in [1.82, 2.24) is 0 Å². The molecule has 3 rings (SSSR count). The Kier molecular flexibility index (Phi) is 24.5. The number of hydrogen-bond donors (Lipinski definition) is 0. The van der Waals surface area contributed by atoms with Crippen LogP contribution in [0.15, 0.2) is 47.4 Å². The van der Waals surface area contributed by atoms with Crippen LogP contribution in [0, 0.1) is 11.8 Å². The molecule has 300 valence electrons. The second kappa shape index (κ2) is 28.5. The number of carbonyl (C=O) groups is 1. The molecule has 8 heteroatoms. The van der Waals surface area contributed by atoms with E-state index in [1.807, 2.05) is 31.2 Å². The van der Waals surface area contributed by atoms with Gasteiger partial charge in [-0.1, -0.05) is 127 Å². The van der Waals surface area contributed by atoms with E-state index < -0.39 is 4.75 Å². The summed E-state index contributed by atoms with van der Waals surface area (Å²) in [5.41, 5.74) is 0. The van der Waals surface area contributed by atoms with Gasteiger partial charge in [0.25, 0.3) is 0 Å². The van der Waals surface area contributed by atoms with Crippen LogP contribution in [0.5, 0.6) is 0 Å². The summed E-state index contributed by atoms with van der Waals surface area (Å²) >= 11 is 1.68. The molecular weight excluding hydrogens is 685 g/mol. The van der Waals surface area contributed by atoms with Gasteiger partial charge in [0.15, 0.2) is 0 Å². The maximum Gasteiger partial charge on any atom is 0.322 e. The number of ether oxygens (including phenoxy) is 6.